The highest BCUT2D eigenvalue weighted by Gasteiger charge is 2.23. The number of benzene rings is 7. The van der Waals surface area contributed by atoms with E-state index in [1.165, 1.54) is 0 Å². The minimum Gasteiger partial charge on any atom is -0.456 e. The first-order chi connectivity index (χ1) is 24.8. The lowest BCUT2D eigenvalue weighted by molar-refractivity contribution is 0.669. The molecule has 10 rings (SSSR count). The molecule has 0 saturated heterocycles. The third-order valence-electron chi connectivity index (χ3n) is 9.37. The average Bonchev–Trinajstić information content (AvgIpc) is 3.78. The van der Waals surface area contributed by atoms with Crippen LogP contribution in [0, 0.1) is 0 Å². The molecule has 5 heteroatoms. The summed E-state index contributed by atoms with van der Waals surface area (Å²) in [4.78, 5) is 15.6. The fourth-order valence-corrected chi connectivity index (χ4v) is 7.10. The maximum absolute atomic E-state index is 6.60. The number of hydrogen-bond acceptors (Lipinski definition) is 5. The molecule has 0 unspecified atom stereocenters. The van der Waals surface area contributed by atoms with Gasteiger partial charge in [0.05, 0.1) is 0 Å². The number of fused-ring (bicyclic) bond motifs is 6. The maximum atomic E-state index is 6.60. The molecule has 7 aromatic carbocycles. The van der Waals surface area contributed by atoms with Crippen LogP contribution in [0.15, 0.2) is 173 Å². The Labute approximate surface area is 287 Å². The topological polar surface area (TPSA) is 65.0 Å². The first kappa shape index (κ1) is 28.2. The summed E-state index contributed by atoms with van der Waals surface area (Å²) in [5.41, 5.74) is 10.2. The molecule has 0 spiro atoms. The molecule has 5 nitrogen and oxygen atoms in total. The fraction of sp³-hybridized carbons (Fsp3) is 0. The van der Waals surface area contributed by atoms with Crippen molar-refractivity contribution in [2.45, 2.75) is 0 Å². The van der Waals surface area contributed by atoms with Gasteiger partial charge in [-0.15, -0.1) is 0 Å². The van der Waals surface area contributed by atoms with E-state index in [0.29, 0.717) is 17.5 Å². The second kappa shape index (κ2) is 11.4. The standard InChI is InChI=1S/C45H27N3O2/c1-4-14-28(15-5-1)31-21-12-24-37-40(31)41-34(22-13-25-38(41)49-37)44-46-43(30-18-8-3-9-19-30)47-45(48-44)35-27-26-32(29-16-6-2-7-17-29)42-39(35)33-20-10-11-23-36(33)50-42/h1-27H. The van der Waals surface area contributed by atoms with Gasteiger partial charge >= 0.3 is 0 Å². The molecule has 0 saturated carbocycles. The van der Waals surface area contributed by atoms with Crippen molar-refractivity contribution >= 4 is 43.9 Å². The van der Waals surface area contributed by atoms with Gasteiger partial charge in [0.2, 0.25) is 0 Å². The summed E-state index contributed by atoms with van der Waals surface area (Å²) in [6.07, 6.45) is 0. The molecular formula is C45H27N3O2. The second-order valence-corrected chi connectivity index (χ2v) is 12.3. The van der Waals surface area contributed by atoms with Gasteiger partial charge in [-0.25, -0.2) is 15.0 Å². The second-order valence-electron chi connectivity index (χ2n) is 12.3. The first-order valence-corrected chi connectivity index (χ1v) is 16.6. The van der Waals surface area contributed by atoms with E-state index in [2.05, 4.69) is 66.7 Å². The van der Waals surface area contributed by atoms with E-state index in [0.717, 1.165) is 82.8 Å². The SMILES string of the molecule is c1ccc(-c2nc(-c3ccc(-c4ccccc4)c4oc5ccccc5c34)nc(-c3cccc4oc5cccc(-c6ccccc6)c5c34)n2)cc1. The first-order valence-electron chi connectivity index (χ1n) is 16.6. The summed E-state index contributed by atoms with van der Waals surface area (Å²) in [6.45, 7) is 0. The zero-order valence-electron chi connectivity index (χ0n) is 26.7. The lowest BCUT2D eigenvalue weighted by Crippen LogP contribution is -2.01. The highest BCUT2D eigenvalue weighted by Crippen LogP contribution is 2.43. The summed E-state index contributed by atoms with van der Waals surface area (Å²) in [5.74, 6) is 1.72. The smallest absolute Gasteiger partial charge is 0.164 e. The lowest BCUT2D eigenvalue weighted by atomic mass is 9.97. The summed E-state index contributed by atoms with van der Waals surface area (Å²) in [6, 6.07) is 55.5. The van der Waals surface area contributed by atoms with Crippen LogP contribution in [-0.2, 0) is 0 Å². The van der Waals surface area contributed by atoms with Crippen molar-refractivity contribution in [3.8, 4) is 56.4 Å². The Morgan fingerprint density at radius 3 is 1.46 bits per heavy atom. The van der Waals surface area contributed by atoms with Crippen molar-refractivity contribution in [2.75, 3.05) is 0 Å². The molecule has 50 heavy (non-hydrogen) atoms. The van der Waals surface area contributed by atoms with Crippen LogP contribution >= 0.6 is 0 Å². The van der Waals surface area contributed by atoms with Crippen LogP contribution in [0.3, 0.4) is 0 Å². The quantitative estimate of drug-likeness (QED) is 0.187. The monoisotopic (exact) mass is 641 g/mol. The van der Waals surface area contributed by atoms with Crippen molar-refractivity contribution in [1.29, 1.82) is 0 Å². The highest BCUT2D eigenvalue weighted by atomic mass is 16.3. The molecule has 0 N–H and O–H groups in total. The van der Waals surface area contributed by atoms with E-state index in [4.69, 9.17) is 23.8 Å². The largest absolute Gasteiger partial charge is 0.456 e. The van der Waals surface area contributed by atoms with E-state index in [1.54, 1.807) is 0 Å². The van der Waals surface area contributed by atoms with Crippen LogP contribution in [0.4, 0.5) is 0 Å². The lowest BCUT2D eigenvalue weighted by Gasteiger charge is -2.11. The molecule has 0 aliphatic carbocycles. The van der Waals surface area contributed by atoms with Crippen LogP contribution in [0.25, 0.3) is 100 Å². The minimum absolute atomic E-state index is 0.568. The van der Waals surface area contributed by atoms with Crippen molar-refractivity contribution in [3.05, 3.63) is 164 Å². The van der Waals surface area contributed by atoms with Gasteiger partial charge in [-0.05, 0) is 47.0 Å². The number of para-hydroxylation sites is 1. The third-order valence-corrected chi connectivity index (χ3v) is 9.37. The molecule has 0 radical (unpaired) electrons. The Balaban J connectivity index is 1.28. The van der Waals surface area contributed by atoms with Gasteiger partial charge < -0.3 is 8.83 Å². The van der Waals surface area contributed by atoms with Gasteiger partial charge in [-0.2, -0.15) is 0 Å². The normalized spacial score (nSPS) is 11.6. The summed E-state index contributed by atoms with van der Waals surface area (Å²) in [7, 11) is 0. The molecule has 234 valence electrons. The molecule has 0 bridgehead atoms. The number of rotatable bonds is 5. The molecule has 3 heterocycles. The zero-order valence-corrected chi connectivity index (χ0v) is 26.7. The average molecular weight is 642 g/mol. The third kappa shape index (κ3) is 4.52. The molecule has 0 atom stereocenters. The summed E-state index contributed by atoms with van der Waals surface area (Å²) in [5, 5.41) is 3.98. The number of aromatic nitrogens is 3. The van der Waals surface area contributed by atoms with E-state index in [-0.39, 0.29) is 0 Å². The van der Waals surface area contributed by atoms with Gasteiger partial charge in [0.25, 0.3) is 0 Å². The Morgan fingerprint density at radius 2 is 0.780 bits per heavy atom. The molecule has 0 amide bonds. The van der Waals surface area contributed by atoms with Crippen LogP contribution in [0.5, 0.6) is 0 Å². The van der Waals surface area contributed by atoms with Gasteiger partial charge in [-0.1, -0.05) is 133 Å². The van der Waals surface area contributed by atoms with E-state index < -0.39 is 0 Å². The predicted molar refractivity (Wildman–Crippen MR) is 202 cm³/mol. The van der Waals surface area contributed by atoms with E-state index >= 15 is 0 Å². The Kier molecular flexibility index (Phi) is 6.42. The Morgan fingerprint density at radius 1 is 0.300 bits per heavy atom. The van der Waals surface area contributed by atoms with Crippen molar-refractivity contribution in [3.63, 3.8) is 0 Å². The number of furan rings is 2. The van der Waals surface area contributed by atoms with Crippen LogP contribution < -0.4 is 0 Å². The van der Waals surface area contributed by atoms with E-state index in [9.17, 15) is 0 Å². The maximum Gasteiger partial charge on any atom is 0.164 e. The number of nitrogens with zero attached hydrogens (tertiary/aromatic N) is 3. The minimum atomic E-state index is 0.568. The van der Waals surface area contributed by atoms with Gasteiger partial charge in [0.15, 0.2) is 17.5 Å². The molecule has 10 aromatic rings. The van der Waals surface area contributed by atoms with Crippen molar-refractivity contribution in [2.24, 2.45) is 0 Å². The molecule has 0 aliphatic rings. The van der Waals surface area contributed by atoms with Crippen LogP contribution in [-0.4, -0.2) is 15.0 Å². The van der Waals surface area contributed by atoms with Crippen LogP contribution in [0.1, 0.15) is 0 Å². The fourth-order valence-electron chi connectivity index (χ4n) is 7.10. The molecule has 3 aromatic heterocycles. The molecule has 0 aliphatic heterocycles. The number of hydrogen-bond donors (Lipinski definition) is 0. The Bertz CT molecular complexity index is 2830. The van der Waals surface area contributed by atoms with Crippen molar-refractivity contribution < 1.29 is 8.83 Å². The Hall–Kier alpha value is -6.85. The summed E-state index contributed by atoms with van der Waals surface area (Å²) < 4.78 is 13.1. The molecule has 0 fully saturated rings. The van der Waals surface area contributed by atoms with Crippen molar-refractivity contribution in [1.82, 2.24) is 15.0 Å². The summed E-state index contributed by atoms with van der Waals surface area (Å²) >= 11 is 0. The van der Waals surface area contributed by atoms with Gasteiger partial charge in [-0.3, -0.25) is 0 Å². The van der Waals surface area contributed by atoms with E-state index in [1.807, 2.05) is 97.1 Å². The van der Waals surface area contributed by atoms with Gasteiger partial charge in [0, 0.05) is 43.8 Å². The van der Waals surface area contributed by atoms with Gasteiger partial charge in [0.1, 0.15) is 22.3 Å². The predicted octanol–water partition coefficient (Wildman–Crippen LogP) is 12.0. The molecular weight excluding hydrogens is 615 g/mol. The van der Waals surface area contributed by atoms with Crippen LogP contribution in [0.2, 0.25) is 0 Å². The highest BCUT2D eigenvalue weighted by molar-refractivity contribution is 6.18. The zero-order chi connectivity index (χ0) is 33.0.